The fourth-order valence-electron chi connectivity index (χ4n) is 6.74. The number of piperidine rings is 2. The Kier molecular flexibility index (Phi) is 10.1. The minimum absolute atomic E-state index is 0.0293. The lowest BCUT2D eigenvalue weighted by Crippen LogP contribution is -2.41. The topological polar surface area (TPSA) is 72.6 Å². The van der Waals surface area contributed by atoms with E-state index in [0.717, 1.165) is 65.8 Å². The van der Waals surface area contributed by atoms with Crippen molar-refractivity contribution in [1.82, 2.24) is 14.8 Å². The number of amides is 1. The van der Waals surface area contributed by atoms with Gasteiger partial charge in [0.15, 0.2) is 6.17 Å². The molecule has 7 nitrogen and oxygen atoms in total. The maximum absolute atomic E-state index is 15.1. The molecule has 2 aromatic carbocycles. The van der Waals surface area contributed by atoms with Crippen LogP contribution < -0.4 is 10.6 Å². The Morgan fingerprint density at radius 3 is 2.40 bits per heavy atom. The first-order valence-corrected chi connectivity index (χ1v) is 17.5. The molecule has 0 spiro atoms. The summed E-state index contributed by atoms with van der Waals surface area (Å²) in [6.07, 6.45) is -0.138. The van der Waals surface area contributed by atoms with Gasteiger partial charge in [0, 0.05) is 41.7 Å². The maximum Gasteiger partial charge on any atom is 0.410 e. The van der Waals surface area contributed by atoms with E-state index in [9.17, 15) is 13.6 Å². The summed E-state index contributed by atoms with van der Waals surface area (Å²) in [5.74, 6) is 6.40. The van der Waals surface area contributed by atoms with E-state index in [1.54, 1.807) is 17.0 Å². The number of rotatable bonds is 7. The molecule has 256 valence electrons. The second kappa shape index (κ2) is 14.3. The number of nitrogens with zero attached hydrogens (tertiary/aromatic N) is 2. The predicted octanol–water partition coefficient (Wildman–Crippen LogP) is 8.74. The smallest absolute Gasteiger partial charge is 0.410 e. The van der Waals surface area contributed by atoms with Crippen LogP contribution in [-0.4, -0.2) is 78.7 Å². The first kappa shape index (κ1) is 34.0. The zero-order valence-electron chi connectivity index (χ0n) is 28.0. The summed E-state index contributed by atoms with van der Waals surface area (Å²) < 4.78 is 48.9. The molecule has 0 bridgehead atoms. The summed E-state index contributed by atoms with van der Waals surface area (Å²) in [4.78, 5) is 20.3. The van der Waals surface area contributed by atoms with Crippen LogP contribution in [0.15, 0.2) is 42.6 Å². The second-order valence-corrected chi connectivity index (χ2v) is 14.9. The van der Waals surface area contributed by atoms with Crippen molar-refractivity contribution in [3.63, 3.8) is 0 Å². The van der Waals surface area contributed by atoms with Crippen LogP contribution in [0.3, 0.4) is 0 Å². The summed E-state index contributed by atoms with van der Waals surface area (Å²) >= 11 is 1.27. The molecular weight excluding hydrogens is 636 g/mol. The van der Waals surface area contributed by atoms with Gasteiger partial charge in [0.2, 0.25) is 0 Å². The van der Waals surface area contributed by atoms with Crippen LogP contribution in [0.25, 0.3) is 21.0 Å². The summed E-state index contributed by atoms with van der Waals surface area (Å²) in [6, 6.07) is 11.8. The minimum Gasteiger partial charge on any atom is -0.444 e. The number of carbonyl (C=O) groups excluding carboxylic acids is 1. The number of anilines is 2. The summed E-state index contributed by atoms with van der Waals surface area (Å²) in [6.45, 7) is 9.12. The van der Waals surface area contributed by atoms with E-state index in [4.69, 9.17) is 4.74 Å². The molecule has 48 heavy (non-hydrogen) atoms. The minimum atomic E-state index is -3.14. The number of H-pyrrole nitrogens is 1. The third-order valence-corrected chi connectivity index (χ3v) is 10.4. The highest BCUT2D eigenvalue weighted by Gasteiger charge is 2.30. The van der Waals surface area contributed by atoms with Gasteiger partial charge in [-0.1, -0.05) is 36.1 Å². The molecule has 11 heteroatoms. The number of benzene rings is 2. The molecular formula is C37H44F3N5O2S. The van der Waals surface area contributed by atoms with Crippen molar-refractivity contribution in [3.8, 4) is 11.8 Å². The normalized spacial score (nSPS) is 17.5. The van der Waals surface area contributed by atoms with E-state index in [2.05, 4.69) is 45.5 Å². The van der Waals surface area contributed by atoms with Crippen molar-refractivity contribution in [2.75, 3.05) is 50.4 Å². The molecule has 2 aliphatic rings. The lowest BCUT2D eigenvalue weighted by atomic mass is 9.89. The molecule has 0 aliphatic carbocycles. The zero-order chi connectivity index (χ0) is 34.0. The van der Waals surface area contributed by atoms with Crippen molar-refractivity contribution in [2.24, 2.45) is 0 Å². The Morgan fingerprint density at radius 2 is 1.71 bits per heavy atom. The van der Waals surface area contributed by atoms with E-state index in [1.165, 1.54) is 16.9 Å². The van der Waals surface area contributed by atoms with Gasteiger partial charge in [0.25, 0.3) is 6.43 Å². The van der Waals surface area contributed by atoms with Crippen molar-refractivity contribution >= 4 is 49.8 Å². The Morgan fingerprint density at radius 1 is 1.02 bits per heavy atom. The van der Waals surface area contributed by atoms with Gasteiger partial charge in [-0.05, 0) is 90.2 Å². The van der Waals surface area contributed by atoms with E-state index in [-0.39, 0.29) is 24.2 Å². The number of thiophene rings is 1. The van der Waals surface area contributed by atoms with Crippen LogP contribution in [0.5, 0.6) is 0 Å². The summed E-state index contributed by atoms with van der Waals surface area (Å²) in [5, 5.41) is 8.55. The molecule has 3 N–H and O–H groups in total. The molecule has 2 fully saturated rings. The average molecular weight is 680 g/mol. The molecule has 2 saturated heterocycles. The second-order valence-electron chi connectivity index (χ2n) is 13.9. The van der Waals surface area contributed by atoms with Gasteiger partial charge in [0.05, 0.1) is 33.0 Å². The number of aromatic amines is 1. The van der Waals surface area contributed by atoms with Gasteiger partial charge < -0.3 is 30.2 Å². The molecule has 1 unspecified atom stereocenters. The van der Waals surface area contributed by atoms with Gasteiger partial charge in [-0.2, -0.15) is 0 Å². The zero-order valence-corrected chi connectivity index (χ0v) is 28.8. The maximum atomic E-state index is 15.1. The number of para-hydroxylation sites is 1. The molecule has 6 rings (SSSR count). The number of likely N-dealkylation sites (tertiary alicyclic amines) is 2. The van der Waals surface area contributed by atoms with Gasteiger partial charge in [0.1, 0.15) is 5.60 Å². The number of alkyl halides is 3. The first-order valence-electron chi connectivity index (χ1n) is 16.7. The van der Waals surface area contributed by atoms with Crippen LogP contribution in [-0.2, 0) is 4.74 Å². The largest absolute Gasteiger partial charge is 0.444 e. The lowest BCUT2D eigenvalue weighted by molar-refractivity contribution is 0.0205. The number of hydrogen-bond donors (Lipinski definition) is 3. The van der Waals surface area contributed by atoms with Crippen LogP contribution in [0.2, 0.25) is 0 Å². The number of carbonyl (C=O) groups is 1. The Hall–Kier alpha value is -3.88. The van der Waals surface area contributed by atoms with Crippen molar-refractivity contribution < 1.29 is 22.7 Å². The van der Waals surface area contributed by atoms with Crippen LogP contribution >= 0.6 is 11.3 Å². The number of aromatic nitrogens is 1. The third kappa shape index (κ3) is 7.55. The highest BCUT2D eigenvalue weighted by molar-refractivity contribution is 7.20. The fraction of sp³-hybridized carbons (Fsp3) is 0.486. The van der Waals surface area contributed by atoms with Crippen molar-refractivity contribution in [3.05, 3.63) is 58.6 Å². The number of nitrogens with one attached hydrogen (secondary N) is 3. The fourth-order valence-corrected chi connectivity index (χ4v) is 7.93. The molecule has 2 aromatic heterocycles. The molecule has 4 aromatic rings. The monoisotopic (exact) mass is 679 g/mol. The van der Waals surface area contributed by atoms with Crippen LogP contribution in [0, 0.1) is 11.8 Å². The van der Waals surface area contributed by atoms with Gasteiger partial charge >= 0.3 is 6.09 Å². The summed E-state index contributed by atoms with van der Waals surface area (Å²) in [5.41, 5.74) is 3.33. The van der Waals surface area contributed by atoms with E-state index in [0.29, 0.717) is 29.3 Å². The Bertz CT molecular complexity index is 1800. The van der Waals surface area contributed by atoms with E-state index >= 15 is 4.39 Å². The molecule has 0 saturated carbocycles. The predicted molar refractivity (Wildman–Crippen MR) is 189 cm³/mol. The molecule has 2 aliphatic heterocycles. The number of hydrogen-bond acceptors (Lipinski definition) is 6. The van der Waals surface area contributed by atoms with Crippen LogP contribution in [0.4, 0.5) is 29.3 Å². The Labute approximate surface area is 284 Å². The van der Waals surface area contributed by atoms with Gasteiger partial charge in [-0.25, -0.2) is 18.0 Å². The molecule has 1 amide bonds. The van der Waals surface area contributed by atoms with Gasteiger partial charge in [-0.3, -0.25) is 0 Å². The summed E-state index contributed by atoms with van der Waals surface area (Å²) in [7, 11) is 2.10. The lowest BCUT2D eigenvalue weighted by Gasteiger charge is -2.33. The molecule has 4 heterocycles. The number of fused-ring (bicyclic) bond motifs is 2. The highest BCUT2D eigenvalue weighted by atomic mass is 32.1. The first-order chi connectivity index (χ1) is 23.0. The van der Waals surface area contributed by atoms with Crippen molar-refractivity contribution in [2.45, 2.75) is 76.6 Å². The molecule has 1 atom stereocenters. The van der Waals surface area contributed by atoms with E-state index in [1.807, 2.05) is 45.2 Å². The highest BCUT2D eigenvalue weighted by Crippen LogP contribution is 2.42. The van der Waals surface area contributed by atoms with Crippen molar-refractivity contribution in [1.29, 1.82) is 0 Å². The SMILES string of the molecule is CN1CCC(Nc2cccc3c(C(F)C(F)F)c(C#CCNc4cccc5c(C6CCN(C(=O)OC(C)(C)C)CC6)c[nH]c45)sc23)CC1. The molecule has 0 radical (unpaired) electrons. The Balaban J connectivity index is 1.17. The standard InChI is InChI=1S/C37H44F3N5O2S/c1-37(2,3)47-36(46)45-20-13-23(14-21-45)27-22-42-33-25(27)8-5-10-28(33)41-17-7-12-30-31(32(38)35(39)40)26-9-6-11-29(34(26)48-30)43-24-15-18-44(4)19-16-24/h5-6,8-11,22-24,32,35,41-43H,13-21H2,1-4H3. The average Bonchev–Trinajstić information content (AvgIpc) is 3.66. The van der Waals surface area contributed by atoms with Crippen LogP contribution in [0.1, 0.15) is 74.5 Å². The number of halogens is 3. The number of ether oxygens (including phenoxy) is 1. The quantitative estimate of drug-likeness (QED) is 0.171. The van der Waals surface area contributed by atoms with Gasteiger partial charge in [-0.15, -0.1) is 11.3 Å². The third-order valence-electron chi connectivity index (χ3n) is 9.23. The van der Waals surface area contributed by atoms with E-state index < -0.39 is 18.2 Å².